The number of hydrogen-bond donors (Lipinski definition) is 1. The number of likely N-dealkylation sites (tertiary alicyclic amines) is 1. The molecule has 5 nitrogen and oxygen atoms in total. The summed E-state index contributed by atoms with van der Waals surface area (Å²) in [5.41, 5.74) is 2.31. The molecule has 25 heavy (non-hydrogen) atoms. The number of anilines is 2. The summed E-state index contributed by atoms with van der Waals surface area (Å²) in [5.74, 6) is 1.38. The van der Waals surface area contributed by atoms with Crippen molar-refractivity contribution in [2.75, 3.05) is 24.2 Å². The maximum atomic E-state index is 12.3. The van der Waals surface area contributed by atoms with Crippen LogP contribution in [-0.2, 0) is 11.2 Å². The van der Waals surface area contributed by atoms with Crippen LogP contribution in [0, 0.1) is 5.92 Å². The van der Waals surface area contributed by atoms with E-state index in [9.17, 15) is 4.79 Å². The van der Waals surface area contributed by atoms with Crippen LogP contribution in [0.1, 0.15) is 32.3 Å². The third kappa shape index (κ3) is 5.19. The van der Waals surface area contributed by atoms with Crippen molar-refractivity contribution in [1.82, 2.24) is 15.1 Å². The first-order chi connectivity index (χ1) is 12.1. The fraction of sp³-hybridized carbons (Fsp3) is 0.500. The summed E-state index contributed by atoms with van der Waals surface area (Å²) >= 11 is 2.96. The maximum absolute atomic E-state index is 12.3. The van der Waals surface area contributed by atoms with E-state index in [2.05, 4.69) is 41.5 Å². The van der Waals surface area contributed by atoms with E-state index in [1.54, 1.807) is 0 Å². The first-order valence-corrected chi connectivity index (χ1v) is 10.5. The van der Waals surface area contributed by atoms with E-state index in [0.29, 0.717) is 5.75 Å². The summed E-state index contributed by atoms with van der Waals surface area (Å²) in [7, 11) is 0. The van der Waals surface area contributed by atoms with Gasteiger partial charge in [-0.2, -0.15) is 0 Å². The molecule has 2 aromatic rings. The number of nitrogens with one attached hydrogen (secondary N) is 1. The molecule has 0 bridgehead atoms. The van der Waals surface area contributed by atoms with E-state index < -0.39 is 0 Å². The average Bonchev–Trinajstić information content (AvgIpc) is 3.08. The summed E-state index contributed by atoms with van der Waals surface area (Å²) in [4.78, 5) is 14.3. The van der Waals surface area contributed by atoms with Gasteiger partial charge in [0.2, 0.25) is 11.0 Å². The van der Waals surface area contributed by atoms with E-state index in [-0.39, 0.29) is 5.91 Å². The van der Waals surface area contributed by atoms with E-state index in [4.69, 9.17) is 0 Å². The Morgan fingerprint density at radius 2 is 2.00 bits per heavy atom. The molecule has 7 heteroatoms. The first kappa shape index (κ1) is 18.2. The molecule has 0 spiro atoms. The van der Waals surface area contributed by atoms with E-state index in [0.717, 1.165) is 53.4 Å². The molecule has 134 valence electrons. The monoisotopic (exact) mass is 376 g/mol. The largest absolute Gasteiger partial charge is 0.342 e. The van der Waals surface area contributed by atoms with E-state index >= 15 is 0 Å². The number of aromatic nitrogens is 2. The molecule has 1 aromatic carbocycles. The molecule has 1 N–H and O–H groups in total. The Hall–Kier alpha value is -1.60. The van der Waals surface area contributed by atoms with Gasteiger partial charge >= 0.3 is 0 Å². The number of amides is 1. The number of piperidine rings is 1. The standard InChI is InChI=1S/C18H24N4OS2/c1-3-14-4-6-15(7-5-14)19-17-20-21-18(25-17)24-12-16(23)22-10-8-13(2)9-11-22/h4-7,13H,3,8-12H2,1-2H3,(H,19,20). The predicted molar refractivity (Wildman–Crippen MR) is 105 cm³/mol. The van der Waals surface area contributed by atoms with Crippen LogP contribution in [0.15, 0.2) is 28.6 Å². The van der Waals surface area contributed by atoms with Gasteiger partial charge in [0.1, 0.15) is 0 Å². The molecule has 1 aliphatic heterocycles. The zero-order valence-electron chi connectivity index (χ0n) is 14.7. The molecule has 1 aliphatic rings. The van der Waals surface area contributed by atoms with Crippen molar-refractivity contribution in [3.8, 4) is 0 Å². The molecule has 0 unspecified atom stereocenters. The third-order valence-electron chi connectivity index (χ3n) is 4.48. The van der Waals surface area contributed by atoms with Crippen molar-refractivity contribution in [1.29, 1.82) is 0 Å². The zero-order chi connectivity index (χ0) is 17.6. The van der Waals surface area contributed by atoms with Gasteiger partial charge in [0, 0.05) is 18.8 Å². The molecule has 0 aliphatic carbocycles. The van der Waals surface area contributed by atoms with Crippen LogP contribution >= 0.6 is 23.1 Å². The SMILES string of the molecule is CCc1ccc(Nc2nnc(SCC(=O)N3CCC(C)CC3)s2)cc1. The Morgan fingerprint density at radius 1 is 1.28 bits per heavy atom. The molecular formula is C18H24N4OS2. The summed E-state index contributed by atoms with van der Waals surface area (Å²) < 4.78 is 0.825. The lowest BCUT2D eigenvalue weighted by atomic mass is 9.99. The molecule has 0 saturated carbocycles. The summed E-state index contributed by atoms with van der Waals surface area (Å²) in [6, 6.07) is 8.32. The molecule has 0 radical (unpaired) electrons. The minimum absolute atomic E-state index is 0.205. The zero-order valence-corrected chi connectivity index (χ0v) is 16.3. The maximum Gasteiger partial charge on any atom is 0.233 e. The van der Waals surface area contributed by atoms with Crippen LogP contribution in [0.25, 0.3) is 0 Å². The lowest BCUT2D eigenvalue weighted by Gasteiger charge is -2.30. The van der Waals surface area contributed by atoms with Crippen molar-refractivity contribution < 1.29 is 4.79 Å². The lowest BCUT2D eigenvalue weighted by molar-refractivity contribution is -0.129. The highest BCUT2D eigenvalue weighted by Crippen LogP contribution is 2.28. The molecule has 0 atom stereocenters. The second-order valence-electron chi connectivity index (χ2n) is 6.40. The van der Waals surface area contributed by atoms with Gasteiger partial charge in [-0.25, -0.2) is 0 Å². The van der Waals surface area contributed by atoms with Crippen LogP contribution in [0.3, 0.4) is 0 Å². The van der Waals surface area contributed by atoms with Crippen molar-refractivity contribution in [2.24, 2.45) is 5.92 Å². The van der Waals surface area contributed by atoms with Crippen LogP contribution in [0.4, 0.5) is 10.8 Å². The lowest BCUT2D eigenvalue weighted by Crippen LogP contribution is -2.38. The van der Waals surface area contributed by atoms with E-state index in [1.165, 1.54) is 28.7 Å². The highest BCUT2D eigenvalue weighted by Gasteiger charge is 2.20. The Balaban J connectivity index is 1.48. The molecule has 3 rings (SSSR count). The Labute approximate surface area is 157 Å². The number of carbonyl (C=O) groups excluding carboxylic acids is 1. The second kappa shape index (κ2) is 8.67. The van der Waals surface area contributed by atoms with Gasteiger partial charge in [0.15, 0.2) is 4.34 Å². The highest BCUT2D eigenvalue weighted by atomic mass is 32.2. The van der Waals surface area contributed by atoms with Gasteiger partial charge in [0.05, 0.1) is 5.75 Å². The van der Waals surface area contributed by atoms with Crippen molar-refractivity contribution in [2.45, 2.75) is 37.4 Å². The van der Waals surface area contributed by atoms with Crippen LogP contribution in [0.5, 0.6) is 0 Å². The number of carbonyl (C=O) groups is 1. The number of benzene rings is 1. The van der Waals surface area contributed by atoms with Crippen molar-refractivity contribution >= 4 is 39.8 Å². The average molecular weight is 377 g/mol. The number of nitrogens with zero attached hydrogens (tertiary/aromatic N) is 3. The van der Waals surface area contributed by atoms with Crippen LogP contribution in [0.2, 0.25) is 0 Å². The number of aryl methyl sites for hydroxylation is 1. The molecule has 1 saturated heterocycles. The fourth-order valence-electron chi connectivity index (χ4n) is 2.74. The minimum atomic E-state index is 0.205. The molecule has 1 fully saturated rings. The van der Waals surface area contributed by atoms with Gasteiger partial charge in [-0.15, -0.1) is 10.2 Å². The van der Waals surface area contributed by atoms with Crippen molar-refractivity contribution in [3.63, 3.8) is 0 Å². The Bertz CT molecular complexity index is 693. The van der Waals surface area contributed by atoms with Gasteiger partial charge in [-0.3, -0.25) is 4.79 Å². The fourth-order valence-corrected chi connectivity index (χ4v) is 4.41. The number of hydrogen-bond acceptors (Lipinski definition) is 6. The second-order valence-corrected chi connectivity index (χ2v) is 8.60. The highest BCUT2D eigenvalue weighted by molar-refractivity contribution is 8.01. The Morgan fingerprint density at radius 3 is 2.68 bits per heavy atom. The van der Waals surface area contributed by atoms with E-state index in [1.807, 2.05) is 17.0 Å². The first-order valence-electron chi connectivity index (χ1n) is 8.74. The third-order valence-corrected chi connectivity index (χ3v) is 6.43. The molecular weight excluding hydrogens is 352 g/mol. The van der Waals surface area contributed by atoms with Crippen molar-refractivity contribution in [3.05, 3.63) is 29.8 Å². The number of rotatable bonds is 6. The summed E-state index contributed by atoms with van der Waals surface area (Å²) in [6.45, 7) is 6.17. The Kier molecular flexibility index (Phi) is 6.31. The molecule has 2 heterocycles. The minimum Gasteiger partial charge on any atom is -0.342 e. The summed E-state index contributed by atoms with van der Waals surface area (Å²) in [5, 5.41) is 12.4. The van der Waals surface area contributed by atoms with Gasteiger partial charge in [-0.1, -0.05) is 49.1 Å². The topological polar surface area (TPSA) is 58.1 Å². The quantitative estimate of drug-likeness (QED) is 0.766. The number of thioether (sulfide) groups is 1. The summed E-state index contributed by atoms with van der Waals surface area (Å²) in [6.07, 6.45) is 3.25. The van der Waals surface area contributed by atoms with Crippen LogP contribution < -0.4 is 5.32 Å². The predicted octanol–water partition coefficient (Wildman–Crippen LogP) is 4.19. The normalized spacial score (nSPS) is 15.4. The van der Waals surface area contributed by atoms with Gasteiger partial charge < -0.3 is 10.2 Å². The van der Waals surface area contributed by atoms with Gasteiger partial charge in [0.25, 0.3) is 0 Å². The smallest absolute Gasteiger partial charge is 0.233 e. The van der Waals surface area contributed by atoms with Crippen LogP contribution in [-0.4, -0.2) is 39.8 Å². The molecule has 1 amide bonds. The van der Waals surface area contributed by atoms with Gasteiger partial charge in [-0.05, 0) is 42.9 Å². The molecule has 1 aromatic heterocycles.